The van der Waals surface area contributed by atoms with Gasteiger partial charge >= 0.3 is 0 Å². The van der Waals surface area contributed by atoms with E-state index in [0.29, 0.717) is 0 Å². The first-order chi connectivity index (χ1) is 8.72. The highest BCUT2D eigenvalue weighted by molar-refractivity contribution is 4.87. The van der Waals surface area contributed by atoms with Gasteiger partial charge < -0.3 is 14.9 Å². The summed E-state index contributed by atoms with van der Waals surface area (Å²) in [6.07, 6.45) is 5.53. The van der Waals surface area contributed by atoms with E-state index in [1.807, 2.05) is 0 Å². The molecule has 1 saturated heterocycles. The lowest BCUT2D eigenvalue weighted by atomic mass is 9.82. The topological polar surface area (TPSA) is 26.7 Å². The van der Waals surface area contributed by atoms with Crippen LogP contribution >= 0.6 is 0 Å². The zero-order chi connectivity index (χ0) is 13.0. The molecule has 1 N–H and O–H groups in total. The molecule has 3 heteroatoms. The van der Waals surface area contributed by atoms with Crippen LogP contribution in [0.5, 0.6) is 0 Å². The van der Waals surface area contributed by atoms with Crippen molar-refractivity contribution in [3.8, 4) is 0 Å². The summed E-state index contributed by atoms with van der Waals surface area (Å²) in [4.78, 5) is 4.82. The van der Waals surface area contributed by atoms with E-state index in [1.165, 1.54) is 38.8 Å². The van der Waals surface area contributed by atoms with Crippen molar-refractivity contribution in [1.29, 1.82) is 0 Å². The van der Waals surface area contributed by atoms with E-state index in [9.17, 15) is 5.11 Å². The van der Waals surface area contributed by atoms with Gasteiger partial charge in [-0.2, -0.15) is 0 Å². The maximum absolute atomic E-state index is 10.2. The lowest BCUT2D eigenvalue weighted by Crippen LogP contribution is -2.39. The van der Waals surface area contributed by atoms with Gasteiger partial charge in [0.15, 0.2) is 0 Å². The van der Waals surface area contributed by atoms with Crippen molar-refractivity contribution < 1.29 is 5.11 Å². The smallest absolute Gasteiger partial charge is 0.0793 e. The van der Waals surface area contributed by atoms with Crippen molar-refractivity contribution in [1.82, 2.24) is 9.80 Å². The molecule has 0 spiro atoms. The molecule has 1 aliphatic heterocycles. The fraction of sp³-hybridized carbons (Fsp3) is 1.00. The van der Waals surface area contributed by atoms with Gasteiger partial charge in [-0.15, -0.1) is 0 Å². The largest absolute Gasteiger partial charge is 0.390 e. The number of aliphatic hydroxyl groups excluding tert-OH is 1. The number of aliphatic hydroxyl groups is 1. The number of rotatable bonds is 6. The molecule has 0 bridgehead atoms. The van der Waals surface area contributed by atoms with Gasteiger partial charge in [0.1, 0.15) is 0 Å². The SMILES string of the molecule is CCN(CC)CC(O)CN1CC2CCCCC2C1. The summed E-state index contributed by atoms with van der Waals surface area (Å²) in [7, 11) is 0. The Hall–Kier alpha value is -0.120. The maximum Gasteiger partial charge on any atom is 0.0793 e. The number of hydrogen-bond acceptors (Lipinski definition) is 3. The van der Waals surface area contributed by atoms with Gasteiger partial charge in [0.2, 0.25) is 0 Å². The minimum absolute atomic E-state index is 0.176. The van der Waals surface area contributed by atoms with E-state index in [2.05, 4.69) is 23.6 Å². The first-order valence-corrected chi connectivity index (χ1v) is 7.85. The summed E-state index contributed by atoms with van der Waals surface area (Å²) in [6, 6.07) is 0. The van der Waals surface area contributed by atoms with Gasteiger partial charge in [-0.05, 0) is 37.8 Å². The maximum atomic E-state index is 10.2. The molecule has 1 heterocycles. The second-order valence-electron chi connectivity index (χ2n) is 6.16. The van der Waals surface area contributed by atoms with Crippen LogP contribution in [-0.2, 0) is 0 Å². The second kappa shape index (κ2) is 6.88. The Balaban J connectivity index is 1.73. The normalized spacial score (nSPS) is 30.7. The van der Waals surface area contributed by atoms with Crippen molar-refractivity contribution in [2.75, 3.05) is 39.3 Å². The molecule has 0 radical (unpaired) electrons. The van der Waals surface area contributed by atoms with Crippen molar-refractivity contribution in [3.05, 3.63) is 0 Å². The van der Waals surface area contributed by atoms with E-state index in [-0.39, 0.29) is 6.10 Å². The third kappa shape index (κ3) is 3.69. The zero-order valence-electron chi connectivity index (χ0n) is 12.1. The molecule has 106 valence electrons. The molecule has 0 amide bonds. The third-order valence-corrected chi connectivity index (χ3v) is 4.88. The van der Waals surface area contributed by atoms with Crippen molar-refractivity contribution in [2.45, 2.75) is 45.6 Å². The summed E-state index contributed by atoms with van der Waals surface area (Å²) in [5, 5.41) is 10.2. The van der Waals surface area contributed by atoms with Crippen LogP contribution in [0.15, 0.2) is 0 Å². The number of likely N-dealkylation sites (N-methyl/N-ethyl adjacent to an activating group) is 1. The molecular formula is C15H30N2O. The highest BCUT2D eigenvalue weighted by Crippen LogP contribution is 2.35. The molecule has 2 fully saturated rings. The van der Waals surface area contributed by atoms with E-state index < -0.39 is 0 Å². The molecule has 0 aromatic carbocycles. The number of hydrogen-bond donors (Lipinski definition) is 1. The Labute approximate surface area is 112 Å². The van der Waals surface area contributed by atoms with Crippen LogP contribution in [0.25, 0.3) is 0 Å². The predicted octanol–water partition coefficient (Wildman–Crippen LogP) is 1.81. The predicted molar refractivity (Wildman–Crippen MR) is 75.7 cm³/mol. The van der Waals surface area contributed by atoms with E-state index in [4.69, 9.17) is 0 Å². The summed E-state index contributed by atoms with van der Waals surface area (Å²) >= 11 is 0. The average Bonchev–Trinajstić information content (AvgIpc) is 2.77. The van der Waals surface area contributed by atoms with Crippen molar-refractivity contribution in [2.24, 2.45) is 11.8 Å². The van der Waals surface area contributed by atoms with E-state index >= 15 is 0 Å². The summed E-state index contributed by atoms with van der Waals surface area (Å²) in [5.41, 5.74) is 0. The number of fused-ring (bicyclic) bond motifs is 1. The summed E-state index contributed by atoms with van der Waals surface area (Å²) in [5.74, 6) is 1.86. The summed E-state index contributed by atoms with van der Waals surface area (Å²) < 4.78 is 0. The van der Waals surface area contributed by atoms with Crippen LogP contribution in [-0.4, -0.2) is 60.3 Å². The van der Waals surface area contributed by atoms with Crippen LogP contribution in [0.2, 0.25) is 0 Å². The number of likely N-dealkylation sites (tertiary alicyclic amines) is 1. The lowest BCUT2D eigenvalue weighted by molar-refractivity contribution is 0.0833. The Kier molecular flexibility index (Phi) is 5.46. The van der Waals surface area contributed by atoms with Gasteiger partial charge in [0, 0.05) is 26.2 Å². The third-order valence-electron chi connectivity index (χ3n) is 4.88. The highest BCUT2D eigenvalue weighted by atomic mass is 16.3. The van der Waals surface area contributed by atoms with Gasteiger partial charge in [0.05, 0.1) is 6.10 Å². The van der Waals surface area contributed by atoms with Gasteiger partial charge in [-0.25, -0.2) is 0 Å². The Morgan fingerprint density at radius 3 is 2.17 bits per heavy atom. The quantitative estimate of drug-likeness (QED) is 0.783. The molecule has 1 aliphatic carbocycles. The molecule has 2 rings (SSSR count). The van der Waals surface area contributed by atoms with Gasteiger partial charge in [0.25, 0.3) is 0 Å². The van der Waals surface area contributed by atoms with Gasteiger partial charge in [-0.1, -0.05) is 26.7 Å². The van der Waals surface area contributed by atoms with Crippen LogP contribution in [0, 0.1) is 11.8 Å². The standard InChI is InChI=1S/C15H30N2O/c1-3-16(4-2)11-15(18)12-17-9-13-7-5-6-8-14(13)10-17/h13-15,18H,3-12H2,1-2H3. The van der Waals surface area contributed by atoms with Crippen molar-refractivity contribution in [3.63, 3.8) is 0 Å². The lowest BCUT2D eigenvalue weighted by Gasteiger charge is -2.25. The van der Waals surface area contributed by atoms with Crippen molar-refractivity contribution >= 4 is 0 Å². The molecular weight excluding hydrogens is 224 g/mol. The first kappa shape index (κ1) is 14.3. The summed E-state index contributed by atoms with van der Waals surface area (Å²) in [6.45, 7) is 10.6. The monoisotopic (exact) mass is 254 g/mol. The number of β-amino-alcohol motifs (C(OH)–C–C–N with tert-alkyl or cyclic N) is 1. The van der Waals surface area contributed by atoms with Crippen LogP contribution in [0.1, 0.15) is 39.5 Å². The fourth-order valence-corrected chi connectivity index (χ4v) is 3.79. The first-order valence-electron chi connectivity index (χ1n) is 7.85. The molecule has 3 atom stereocenters. The van der Waals surface area contributed by atoms with Crippen LogP contribution in [0.3, 0.4) is 0 Å². The minimum atomic E-state index is -0.176. The average molecular weight is 254 g/mol. The zero-order valence-corrected chi connectivity index (χ0v) is 12.1. The number of nitrogens with zero attached hydrogens (tertiary/aromatic N) is 2. The Morgan fingerprint density at radius 2 is 1.67 bits per heavy atom. The molecule has 3 unspecified atom stereocenters. The molecule has 3 nitrogen and oxygen atoms in total. The highest BCUT2D eigenvalue weighted by Gasteiger charge is 2.34. The minimum Gasteiger partial charge on any atom is -0.390 e. The fourth-order valence-electron chi connectivity index (χ4n) is 3.79. The molecule has 18 heavy (non-hydrogen) atoms. The van der Waals surface area contributed by atoms with Crippen LogP contribution in [0.4, 0.5) is 0 Å². The Morgan fingerprint density at radius 1 is 1.11 bits per heavy atom. The van der Waals surface area contributed by atoms with E-state index in [0.717, 1.165) is 38.0 Å². The van der Waals surface area contributed by atoms with Crippen LogP contribution < -0.4 is 0 Å². The molecule has 1 saturated carbocycles. The van der Waals surface area contributed by atoms with E-state index in [1.54, 1.807) is 0 Å². The molecule has 2 aliphatic rings. The second-order valence-corrected chi connectivity index (χ2v) is 6.16. The van der Waals surface area contributed by atoms with Gasteiger partial charge in [-0.3, -0.25) is 0 Å². The molecule has 0 aromatic rings. The Bertz CT molecular complexity index is 229. The molecule has 0 aromatic heterocycles.